The van der Waals surface area contributed by atoms with E-state index < -0.39 is 78.6 Å². The van der Waals surface area contributed by atoms with Crippen LogP contribution in [0.15, 0.2) is 72.5 Å². The van der Waals surface area contributed by atoms with E-state index in [0.29, 0.717) is 16.3 Å². The molecule has 0 spiro atoms. The number of carbonyl (C=O) groups excluding carboxylic acids is 7. The van der Waals surface area contributed by atoms with Crippen LogP contribution in [-0.4, -0.2) is 107 Å². The normalized spacial score (nSPS) is 20.8. The van der Waals surface area contributed by atoms with Crippen LogP contribution in [0.2, 0.25) is 0 Å². The maximum atomic E-state index is 14.4. The van der Waals surface area contributed by atoms with E-state index in [-0.39, 0.29) is 30.7 Å². The summed E-state index contributed by atoms with van der Waals surface area (Å²) in [7, 11) is 2.88. The van der Waals surface area contributed by atoms with Crippen molar-refractivity contribution < 1.29 is 38.3 Å². The first-order valence-corrected chi connectivity index (χ1v) is 20.0. The van der Waals surface area contributed by atoms with Crippen molar-refractivity contribution in [3.63, 3.8) is 0 Å². The molecule has 7 amide bonds. The van der Waals surface area contributed by atoms with Crippen molar-refractivity contribution >= 4 is 74.5 Å². The molecule has 0 saturated carbocycles. The Labute approximate surface area is 348 Å². The number of methoxy groups -OCH3 is 1. The van der Waals surface area contributed by atoms with E-state index in [1.807, 2.05) is 30.3 Å². The largest absolute Gasteiger partial charge is 0.497 e. The van der Waals surface area contributed by atoms with Gasteiger partial charge < -0.3 is 51.5 Å². The third-order valence-electron chi connectivity index (χ3n) is 10.00. The lowest BCUT2D eigenvalue weighted by Crippen LogP contribution is -2.56. The number of hydrogen-bond acceptors (Lipinski definition) is 10. The summed E-state index contributed by atoms with van der Waals surface area (Å²) >= 11 is 1.11. The first-order chi connectivity index (χ1) is 28.7. The maximum absolute atomic E-state index is 14.4. The molecule has 2 aromatic carbocycles. The molecule has 1 aliphatic heterocycles. The molecule has 60 heavy (non-hydrogen) atoms. The standard InChI is InChI=1S/C41H46N10O8S/c1-6-28-37(55)46-22(3)41(58)51(4)19-35(53)45-21(2)40-50-33(20-60-40)39(57)49-32(13-23-16-42-29-10-8-7-9-26(23)29)38(56)48-31(36(54)44-18-34(52)47-28)14-24-17-43-30-12-11-25(59-5)15-27(24)30/h7-12,15-17,20-21,28,31-32,42-43H,3,6,13-14,18-19H2,1-2,4-5H3,(H,44,54)(H,45,53)(H,46,55)(H,47,52)(H,48,56)(H,49,57). The number of aromatic nitrogens is 3. The van der Waals surface area contributed by atoms with Crippen LogP contribution in [0.1, 0.15) is 52.9 Å². The molecular weight excluding hydrogens is 793 g/mol. The van der Waals surface area contributed by atoms with Crippen molar-refractivity contribution in [3.8, 4) is 5.75 Å². The van der Waals surface area contributed by atoms with Crippen LogP contribution in [0.3, 0.4) is 0 Å². The second-order valence-corrected chi connectivity index (χ2v) is 15.2. The zero-order valence-electron chi connectivity index (χ0n) is 33.4. The number of nitrogens with one attached hydrogen (secondary N) is 8. The van der Waals surface area contributed by atoms with E-state index in [9.17, 15) is 33.6 Å². The van der Waals surface area contributed by atoms with Crippen LogP contribution in [-0.2, 0) is 41.6 Å². The minimum atomic E-state index is -1.27. The molecular formula is C41H46N10O8S. The molecule has 5 aromatic rings. The van der Waals surface area contributed by atoms with Gasteiger partial charge in [-0.3, -0.25) is 33.6 Å². The van der Waals surface area contributed by atoms with Crippen LogP contribution in [0, 0.1) is 0 Å². The summed E-state index contributed by atoms with van der Waals surface area (Å²) in [6, 6.07) is 8.57. The third kappa shape index (κ3) is 9.98. The lowest BCUT2D eigenvalue weighted by Gasteiger charge is -2.24. The average molecular weight is 839 g/mol. The van der Waals surface area contributed by atoms with Gasteiger partial charge in [-0.2, -0.15) is 0 Å². The summed E-state index contributed by atoms with van der Waals surface area (Å²) in [6.07, 6.45) is 3.55. The Kier molecular flexibility index (Phi) is 13.3. The van der Waals surface area contributed by atoms with Crippen LogP contribution < -0.4 is 36.6 Å². The topological polar surface area (TPSA) is 249 Å². The van der Waals surface area contributed by atoms with Crippen molar-refractivity contribution in [1.82, 2.24) is 51.8 Å². The molecule has 314 valence electrons. The molecule has 8 N–H and O–H groups in total. The van der Waals surface area contributed by atoms with E-state index in [1.54, 1.807) is 38.4 Å². The van der Waals surface area contributed by atoms with Crippen molar-refractivity contribution in [2.45, 2.75) is 57.3 Å². The lowest BCUT2D eigenvalue weighted by molar-refractivity contribution is -0.134. The van der Waals surface area contributed by atoms with Gasteiger partial charge in [-0.1, -0.05) is 31.7 Å². The van der Waals surface area contributed by atoms with Crippen LogP contribution in [0.4, 0.5) is 0 Å². The van der Waals surface area contributed by atoms with Gasteiger partial charge in [0.25, 0.3) is 11.8 Å². The Hall–Kier alpha value is -7.02. The molecule has 18 nitrogen and oxygen atoms in total. The predicted octanol–water partition coefficient (Wildman–Crippen LogP) is 1.47. The number of H-pyrrole nitrogens is 2. The van der Waals surface area contributed by atoms with Crippen molar-refractivity contribution in [1.29, 1.82) is 0 Å². The fourth-order valence-electron chi connectivity index (χ4n) is 6.75. The molecule has 19 heteroatoms. The molecule has 0 radical (unpaired) electrons. The van der Waals surface area contributed by atoms with E-state index in [1.165, 1.54) is 19.5 Å². The Morgan fingerprint density at radius 2 is 1.50 bits per heavy atom. The number of amides is 7. The number of fused-ring (bicyclic) bond motifs is 4. The Balaban J connectivity index is 1.34. The molecule has 3 aromatic heterocycles. The van der Waals surface area contributed by atoms with Crippen molar-refractivity contribution in [3.05, 3.63) is 94.3 Å². The van der Waals surface area contributed by atoms with Gasteiger partial charge in [0, 0.05) is 59.5 Å². The first-order valence-electron chi connectivity index (χ1n) is 19.1. The fraction of sp³-hybridized carbons (Fsp3) is 0.317. The molecule has 4 heterocycles. The number of carbonyl (C=O) groups is 7. The zero-order chi connectivity index (χ0) is 43.1. The summed E-state index contributed by atoms with van der Waals surface area (Å²) in [5, 5.41) is 19.3. The van der Waals surface area contributed by atoms with E-state index in [0.717, 1.165) is 43.6 Å². The molecule has 1 aliphatic rings. The number of para-hydroxylation sites is 1. The van der Waals surface area contributed by atoms with Gasteiger partial charge in [0.2, 0.25) is 29.5 Å². The van der Waals surface area contributed by atoms with Crippen LogP contribution in [0.25, 0.3) is 21.8 Å². The summed E-state index contributed by atoms with van der Waals surface area (Å²) in [6.45, 7) is 5.96. The summed E-state index contributed by atoms with van der Waals surface area (Å²) in [4.78, 5) is 106. The number of ether oxygens (including phenoxy) is 1. The zero-order valence-corrected chi connectivity index (χ0v) is 34.2. The molecule has 4 atom stereocenters. The Morgan fingerprint density at radius 3 is 2.22 bits per heavy atom. The van der Waals surface area contributed by atoms with Gasteiger partial charge in [-0.05, 0) is 48.7 Å². The average Bonchev–Trinajstić information content (AvgIpc) is 4.00. The highest BCUT2D eigenvalue weighted by Gasteiger charge is 2.31. The molecule has 0 saturated heterocycles. The minimum Gasteiger partial charge on any atom is -0.497 e. The van der Waals surface area contributed by atoms with Gasteiger partial charge in [0.1, 0.15) is 34.6 Å². The quantitative estimate of drug-likeness (QED) is 0.115. The lowest BCUT2D eigenvalue weighted by atomic mass is 10.0. The third-order valence-corrected chi connectivity index (χ3v) is 11.0. The number of rotatable bonds is 6. The number of hydrogen-bond donors (Lipinski definition) is 8. The van der Waals surface area contributed by atoms with Gasteiger partial charge in [0.05, 0.1) is 31.9 Å². The van der Waals surface area contributed by atoms with Gasteiger partial charge in [0.15, 0.2) is 0 Å². The van der Waals surface area contributed by atoms with Gasteiger partial charge in [-0.25, -0.2) is 4.98 Å². The SMILES string of the molecule is C=C1NC(=O)C(CC)NC(=O)CNC(=O)C(Cc2c[nH]c3ccc(OC)cc23)NC(=O)C(Cc2c[nH]c3ccccc23)NC(=O)c2csc(n2)C(C)NC(=O)CN(C)C1=O. The predicted molar refractivity (Wildman–Crippen MR) is 223 cm³/mol. The highest BCUT2D eigenvalue weighted by molar-refractivity contribution is 7.09. The van der Waals surface area contributed by atoms with Crippen LogP contribution in [0.5, 0.6) is 5.75 Å². The Morgan fingerprint density at radius 1 is 0.817 bits per heavy atom. The van der Waals surface area contributed by atoms with Crippen molar-refractivity contribution in [2.75, 3.05) is 27.2 Å². The van der Waals surface area contributed by atoms with Gasteiger partial charge >= 0.3 is 0 Å². The number of benzene rings is 2. The first kappa shape index (κ1) is 42.6. The second-order valence-electron chi connectivity index (χ2n) is 14.3. The number of thiazole rings is 1. The second kappa shape index (κ2) is 18.7. The fourth-order valence-corrected chi connectivity index (χ4v) is 7.56. The summed E-state index contributed by atoms with van der Waals surface area (Å²) < 4.78 is 5.42. The van der Waals surface area contributed by atoms with E-state index in [2.05, 4.69) is 53.4 Å². The monoisotopic (exact) mass is 838 g/mol. The summed E-state index contributed by atoms with van der Waals surface area (Å²) in [5.41, 5.74) is 2.60. The molecule has 0 fully saturated rings. The number of nitrogens with zero attached hydrogens (tertiary/aromatic N) is 2. The number of aromatic amines is 2. The summed E-state index contributed by atoms with van der Waals surface area (Å²) in [5.74, 6) is -4.28. The van der Waals surface area contributed by atoms with E-state index >= 15 is 0 Å². The molecule has 2 bridgehead atoms. The maximum Gasteiger partial charge on any atom is 0.271 e. The molecule has 6 rings (SSSR count). The Bertz CT molecular complexity index is 2470. The highest BCUT2D eigenvalue weighted by atomic mass is 32.1. The molecule has 4 unspecified atom stereocenters. The smallest absolute Gasteiger partial charge is 0.271 e. The molecule has 0 aliphatic carbocycles. The van der Waals surface area contributed by atoms with Gasteiger partial charge in [-0.15, -0.1) is 11.3 Å². The van der Waals surface area contributed by atoms with E-state index in [4.69, 9.17) is 4.74 Å². The van der Waals surface area contributed by atoms with Crippen molar-refractivity contribution in [2.24, 2.45) is 0 Å². The van der Waals surface area contributed by atoms with Crippen LogP contribution >= 0.6 is 11.3 Å². The highest BCUT2D eigenvalue weighted by Crippen LogP contribution is 2.25. The number of likely N-dealkylation sites (N-methyl/N-ethyl adjacent to an activating group) is 1. The minimum absolute atomic E-state index is 0.0138.